The zero-order valence-electron chi connectivity index (χ0n) is 5.17. The first-order chi connectivity index (χ1) is 4.83. The maximum absolute atomic E-state index is 12.2. The van der Waals surface area contributed by atoms with Crippen LogP contribution >= 0.6 is 0 Å². The fraction of sp³-hybridized carbons (Fsp3) is 0. The molecule has 1 rings (SSSR count). The molecule has 0 saturated heterocycles. The summed E-state index contributed by atoms with van der Waals surface area (Å²) in [5.41, 5.74) is 0.663. The van der Waals surface area contributed by atoms with Gasteiger partial charge in [-0.3, -0.25) is 0 Å². The molecule has 0 amide bonds. The van der Waals surface area contributed by atoms with Crippen LogP contribution in [0.25, 0.3) is 0 Å². The van der Waals surface area contributed by atoms with Gasteiger partial charge in [0.15, 0.2) is 6.21 Å². The highest BCUT2D eigenvalue weighted by atomic mass is 19.1. The minimum atomic E-state index is -0.303. The predicted octanol–water partition coefficient (Wildman–Crippen LogP) is -0.177. The van der Waals surface area contributed by atoms with Crippen molar-refractivity contribution in [1.82, 2.24) is 0 Å². The van der Waals surface area contributed by atoms with E-state index in [1.54, 1.807) is 5.16 Å². The summed E-state index contributed by atoms with van der Waals surface area (Å²) < 4.78 is 12.2. The van der Waals surface area contributed by atoms with Crippen molar-refractivity contribution >= 4 is 6.21 Å². The number of hydrogen-bond donors (Lipinski definition) is 1. The second-order valence-corrected chi connectivity index (χ2v) is 1.81. The standard InChI is InChI=1S/C7H6FNO/c8-7-3-1-6(2-4-7)5-9-10/h1-5,9H. The zero-order valence-corrected chi connectivity index (χ0v) is 5.17. The van der Waals surface area contributed by atoms with Gasteiger partial charge in [-0.15, -0.1) is 0 Å². The molecule has 1 aromatic rings. The Hall–Kier alpha value is -1.38. The summed E-state index contributed by atoms with van der Waals surface area (Å²) in [5, 5.41) is 11.4. The minimum Gasteiger partial charge on any atom is -0.625 e. The van der Waals surface area contributed by atoms with Gasteiger partial charge in [0.2, 0.25) is 0 Å². The molecule has 0 aliphatic heterocycles. The molecule has 1 aromatic carbocycles. The highest BCUT2D eigenvalue weighted by Gasteiger charge is 1.89. The largest absolute Gasteiger partial charge is 0.625 e. The molecular weight excluding hydrogens is 133 g/mol. The lowest BCUT2D eigenvalue weighted by Crippen LogP contribution is -2.60. The van der Waals surface area contributed by atoms with E-state index in [0.29, 0.717) is 5.56 Å². The van der Waals surface area contributed by atoms with E-state index in [9.17, 15) is 9.60 Å². The summed E-state index contributed by atoms with van der Waals surface area (Å²) in [6.45, 7) is 0. The van der Waals surface area contributed by atoms with Crippen LogP contribution in [0.2, 0.25) is 0 Å². The Kier molecular flexibility index (Phi) is 1.99. The lowest BCUT2D eigenvalue weighted by atomic mass is 10.2. The van der Waals surface area contributed by atoms with Crippen molar-refractivity contribution in [2.24, 2.45) is 0 Å². The van der Waals surface area contributed by atoms with Gasteiger partial charge in [0.25, 0.3) is 0 Å². The molecule has 52 valence electrons. The third-order valence-electron chi connectivity index (χ3n) is 1.10. The lowest BCUT2D eigenvalue weighted by Gasteiger charge is -1.87. The van der Waals surface area contributed by atoms with Crippen LogP contribution < -0.4 is 5.16 Å². The highest BCUT2D eigenvalue weighted by molar-refractivity contribution is 5.74. The van der Waals surface area contributed by atoms with E-state index in [4.69, 9.17) is 0 Å². The molecule has 0 fully saturated rings. The van der Waals surface area contributed by atoms with Crippen molar-refractivity contribution in [3.8, 4) is 0 Å². The van der Waals surface area contributed by atoms with Crippen LogP contribution in [-0.2, 0) is 0 Å². The first-order valence-corrected chi connectivity index (χ1v) is 2.79. The molecule has 3 heteroatoms. The third kappa shape index (κ3) is 1.55. The molecule has 2 nitrogen and oxygen atoms in total. The maximum Gasteiger partial charge on any atom is 0.179 e. The van der Waals surface area contributed by atoms with Gasteiger partial charge in [-0.05, 0) is 24.3 Å². The van der Waals surface area contributed by atoms with Crippen molar-refractivity contribution in [3.05, 3.63) is 40.9 Å². The van der Waals surface area contributed by atoms with Crippen molar-refractivity contribution in [1.29, 1.82) is 0 Å². The van der Waals surface area contributed by atoms with Crippen LogP contribution in [0, 0.1) is 11.0 Å². The summed E-state index contributed by atoms with van der Waals surface area (Å²) in [4.78, 5) is 0. The molecule has 0 bridgehead atoms. The molecule has 0 aliphatic carbocycles. The van der Waals surface area contributed by atoms with Gasteiger partial charge in [0, 0.05) is 5.56 Å². The van der Waals surface area contributed by atoms with Crippen LogP contribution in [0.15, 0.2) is 24.3 Å². The Balaban J connectivity index is 2.89. The maximum atomic E-state index is 12.2. The minimum absolute atomic E-state index is 0.303. The fourth-order valence-electron chi connectivity index (χ4n) is 0.627. The smallest absolute Gasteiger partial charge is 0.179 e. The van der Waals surface area contributed by atoms with Crippen LogP contribution in [0.3, 0.4) is 0 Å². The average molecular weight is 139 g/mol. The van der Waals surface area contributed by atoms with Crippen LogP contribution in [0.5, 0.6) is 0 Å². The molecule has 10 heavy (non-hydrogen) atoms. The molecule has 0 aliphatic rings. The van der Waals surface area contributed by atoms with Gasteiger partial charge in [-0.2, -0.15) is 0 Å². The monoisotopic (exact) mass is 139 g/mol. The van der Waals surface area contributed by atoms with E-state index in [1.165, 1.54) is 30.5 Å². The van der Waals surface area contributed by atoms with Crippen LogP contribution in [0.1, 0.15) is 5.56 Å². The van der Waals surface area contributed by atoms with Gasteiger partial charge in [-0.1, -0.05) is 0 Å². The number of nitrogens with one attached hydrogen (secondary N) is 1. The summed E-state index contributed by atoms with van der Waals surface area (Å²) in [7, 11) is 0. The first kappa shape index (κ1) is 6.74. The number of benzene rings is 1. The second kappa shape index (κ2) is 2.96. The average Bonchev–Trinajstić information content (AvgIpc) is 1.95. The quantitative estimate of drug-likeness (QED) is 0.327. The van der Waals surface area contributed by atoms with Gasteiger partial charge >= 0.3 is 0 Å². The highest BCUT2D eigenvalue weighted by Crippen LogP contribution is 1.97. The summed E-state index contributed by atoms with van der Waals surface area (Å²) in [5.74, 6) is -0.303. The normalized spacial score (nSPS) is 10.5. The second-order valence-electron chi connectivity index (χ2n) is 1.81. The Morgan fingerprint density at radius 1 is 1.30 bits per heavy atom. The van der Waals surface area contributed by atoms with E-state index >= 15 is 0 Å². The van der Waals surface area contributed by atoms with Crippen LogP contribution in [-0.4, -0.2) is 6.21 Å². The Bertz CT molecular complexity index is 230. The molecule has 0 heterocycles. The van der Waals surface area contributed by atoms with E-state index in [1.807, 2.05) is 0 Å². The van der Waals surface area contributed by atoms with Crippen LogP contribution in [0.4, 0.5) is 4.39 Å². The zero-order chi connectivity index (χ0) is 7.40. The van der Waals surface area contributed by atoms with E-state index in [-0.39, 0.29) is 5.82 Å². The van der Waals surface area contributed by atoms with Gasteiger partial charge in [0.1, 0.15) is 5.82 Å². The predicted molar refractivity (Wildman–Crippen MR) is 35.9 cm³/mol. The molecule has 0 unspecified atom stereocenters. The van der Waals surface area contributed by atoms with Gasteiger partial charge in [0.05, 0.1) is 0 Å². The Labute approximate surface area is 57.6 Å². The van der Waals surface area contributed by atoms with Crippen molar-refractivity contribution in [2.45, 2.75) is 0 Å². The Morgan fingerprint density at radius 2 is 1.90 bits per heavy atom. The molecule has 0 aromatic heterocycles. The Morgan fingerprint density at radius 3 is 2.40 bits per heavy atom. The van der Waals surface area contributed by atoms with Gasteiger partial charge < -0.3 is 5.21 Å². The van der Waals surface area contributed by atoms with Crippen molar-refractivity contribution < 1.29 is 9.55 Å². The number of halogens is 1. The summed E-state index contributed by atoms with van der Waals surface area (Å²) in [6, 6.07) is 5.62. The lowest BCUT2D eigenvalue weighted by molar-refractivity contribution is -0.366. The number of hydrogen-bond acceptors (Lipinski definition) is 1. The first-order valence-electron chi connectivity index (χ1n) is 2.79. The summed E-state index contributed by atoms with van der Waals surface area (Å²) >= 11 is 0. The SMILES string of the molecule is [O-][NH+]=Cc1ccc(F)cc1. The fourth-order valence-corrected chi connectivity index (χ4v) is 0.627. The van der Waals surface area contributed by atoms with Crippen molar-refractivity contribution in [2.75, 3.05) is 0 Å². The molecular formula is C7H6FNO. The molecule has 0 radical (unpaired) electrons. The van der Waals surface area contributed by atoms with Gasteiger partial charge in [-0.25, -0.2) is 9.55 Å². The molecule has 0 spiro atoms. The van der Waals surface area contributed by atoms with E-state index < -0.39 is 0 Å². The number of rotatable bonds is 1. The van der Waals surface area contributed by atoms with Crippen molar-refractivity contribution in [3.63, 3.8) is 0 Å². The molecule has 1 N–H and O–H groups in total. The summed E-state index contributed by atoms with van der Waals surface area (Å²) in [6.07, 6.45) is 1.25. The molecule has 0 atom stereocenters. The third-order valence-corrected chi connectivity index (χ3v) is 1.10. The topological polar surface area (TPSA) is 37.0 Å². The van der Waals surface area contributed by atoms with E-state index in [2.05, 4.69) is 0 Å². The van der Waals surface area contributed by atoms with E-state index in [0.717, 1.165) is 0 Å². The molecule has 0 saturated carbocycles.